The van der Waals surface area contributed by atoms with Crippen LogP contribution in [0.25, 0.3) is 0 Å². The van der Waals surface area contributed by atoms with Crippen LogP contribution in [0.5, 0.6) is 0 Å². The quantitative estimate of drug-likeness (QED) is 0.0327. The van der Waals surface area contributed by atoms with Gasteiger partial charge < -0.3 is 75.3 Å². The van der Waals surface area contributed by atoms with Crippen molar-refractivity contribution in [3.63, 3.8) is 0 Å². The fraction of sp³-hybridized carbons (Fsp3) is 0.981. The summed E-state index contributed by atoms with van der Waals surface area (Å²) in [7, 11) is 0. The van der Waals surface area contributed by atoms with Gasteiger partial charge in [-0.3, -0.25) is 4.79 Å². The predicted octanol–water partition coefficient (Wildman–Crippen LogP) is 5.72. The van der Waals surface area contributed by atoms with Crippen LogP contribution in [0.3, 0.4) is 0 Å². The Hall–Kier alpha value is -1.09. The van der Waals surface area contributed by atoms with Crippen LogP contribution in [0.15, 0.2) is 0 Å². The van der Waals surface area contributed by atoms with E-state index in [1.807, 2.05) is 0 Å². The van der Waals surface area contributed by atoms with E-state index in [9.17, 15) is 55.9 Å². The summed E-state index contributed by atoms with van der Waals surface area (Å²) < 4.78 is 22.9. The van der Waals surface area contributed by atoms with E-state index < -0.39 is 111 Å². The lowest BCUT2D eigenvalue weighted by molar-refractivity contribution is -0.368. The Bertz CT molecular complexity index is 1190. The van der Waals surface area contributed by atoms with Gasteiger partial charge in [0.05, 0.1) is 32.0 Å². The van der Waals surface area contributed by atoms with Crippen LogP contribution >= 0.6 is 0 Å². The zero-order valence-corrected chi connectivity index (χ0v) is 42.3. The zero-order chi connectivity index (χ0) is 49.9. The average molecular weight is 980 g/mol. The molecule has 404 valence electrons. The summed E-state index contributed by atoms with van der Waals surface area (Å²) in [5, 5.41) is 109. The van der Waals surface area contributed by atoms with Crippen molar-refractivity contribution in [2.45, 2.75) is 305 Å². The lowest BCUT2D eigenvalue weighted by Crippen LogP contribution is -2.65. The van der Waals surface area contributed by atoms with Gasteiger partial charge in [0.1, 0.15) is 61.0 Å². The van der Waals surface area contributed by atoms with Crippen molar-refractivity contribution >= 4 is 5.91 Å². The second-order valence-electron chi connectivity index (χ2n) is 20.0. The molecule has 2 fully saturated rings. The van der Waals surface area contributed by atoms with Crippen molar-refractivity contribution in [3.05, 3.63) is 0 Å². The molecule has 0 bridgehead atoms. The number of amides is 1. The van der Waals surface area contributed by atoms with Gasteiger partial charge >= 0.3 is 0 Å². The van der Waals surface area contributed by atoms with Gasteiger partial charge in [-0.05, 0) is 12.8 Å². The van der Waals surface area contributed by atoms with Crippen molar-refractivity contribution in [2.75, 3.05) is 19.8 Å². The minimum atomic E-state index is -1.87. The molecule has 11 N–H and O–H groups in total. The molecule has 2 aliphatic heterocycles. The van der Waals surface area contributed by atoms with Gasteiger partial charge in [0.15, 0.2) is 12.6 Å². The van der Waals surface area contributed by atoms with E-state index in [0.29, 0.717) is 12.8 Å². The number of rotatable bonds is 43. The highest BCUT2D eigenvalue weighted by Gasteiger charge is 2.51. The summed E-state index contributed by atoms with van der Waals surface area (Å²) >= 11 is 0. The van der Waals surface area contributed by atoms with Gasteiger partial charge in [0.2, 0.25) is 5.91 Å². The first-order chi connectivity index (χ1) is 32.9. The molecule has 0 aliphatic carbocycles. The van der Waals surface area contributed by atoms with Gasteiger partial charge in [-0.25, -0.2) is 0 Å². The number of hydrogen-bond acceptors (Lipinski definition) is 15. The van der Waals surface area contributed by atoms with E-state index in [4.69, 9.17) is 18.9 Å². The SMILES string of the molecule is CCCCCCCCCCCCCCCCCCCCC[C@@H](O)C(=O)N[C@@H](CO[C@H]1O[C@H](CO)[C@H](O)[C@H](O)[C@H]1O[C@H]1O[C@H](CO)[C@@H](O)[C@H](O)[C@H]1O)[C@H](O)[C@H](O)CCCCCCCCCCCCC. The van der Waals surface area contributed by atoms with E-state index in [1.54, 1.807) is 0 Å². The summed E-state index contributed by atoms with van der Waals surface area (Å²) in [6, 6.07) is -1.31. The van der Waals surface area contributed by atoms with E-state index in [-0.39, 0.29) is 12.8 Å². The Kier molecular flexibility index (Phi) is 36.6. The fourth-order valence-corrected chi connectivity index (χ4v) is 9.38. The fourth-order valence-electron chi connectivity index (χ4n) is 9.38. The molecule has 2 rings (SSSR count). The minimum Gasteiger partial charge on any atom is -0.394 e. The summed E-state index contributed by atoms with van der Waals surface area (Å²) in [4.78, 5) is 13.4. The van der Waals surface area contributed by atoms with Gasteiger partial charge in [0.25, 0.3) is 0 Å². The monoisotopic (exact) mass is 980 g/mol. The molecular weight excluding hydrogens is 879 g/mol. The lowest BCUT2D eigenvalue weighted by Gasteiger charge is -2.46. The highest BCUT2D eigenvalue weighted by atomic mass is 16.8. The third-order valence-corrected chi connectivity index (χ3v) is 14.0. The van der Waals surface area contributed by atoms with Crippen molar-refractivity contribution in [2.24, 2.45) is 0 Å². The van der Waals surface area contributed by atoms with Gasteiger partial charge in [0, 0.05) is 0 Å². The summed E-state index contributed by atoms with van der Waals surface area (Å²) in [5.41, 5.74) is 0. The maximum absolute atomic E-state index is 13.4. The largest absolute Gasteiger partial charge is 0.394 e. The molecule has 0 radical (unpaired) electrons. The highest BCUT2D eigenvalue weighted by molar-refractivity contribution is 5.80. The van der Waals surface area contributed by atoms with Crippen LogP contribution < -0.4 is 5.32 Å². The molecule has 0 spiro atoms. The standard InChI is InChI=1S/C52H101NO15/c1-3-5-7-9-11-13-15-16-17-18-19-20-21-22-24-26-28-30-32-34-40(57)50(64)53-38(43(58)39(56)33-31-29-27-25-23-14-12-10-8-6-4-2)37-65-52-49(47(62)45(60)42(36-55)67-52)68-51-48(63)46(61)44(59)41(35-54)66-51/h38-49,51-52,54-63H,3-37H2,1-2H3,(H,53,64)/t38-,39+,40+,41+,42+,43-,44+,45-,46-,47-,48+,49+,51+,52-/m0/s1. The molecule has 0 aromatic rings. The highest BCUT2D eigenvalue weighted by Crippen LogP contribution is 2.30. The Labute approximate surface area is 409 Å². The van der Waals surface area contributed by atoms with Crippen molar-refractivity contribution in [1.29, 1.82) is 0 Å². The Morgan fingerprint density at radius 2 is 0.853 bits per heavy atom. The lowest BCUT2D eigenvalue weighted by atomic mass is 9.97. The number of aliphatic hydroxyl groups is 10. The first-order valence-electron chi connectivity index (χ1n) is 27.5. The second kappa shape index (κ2) is 39.4. The number of aliphatic hydroxyl groups excluding tert-OH is 10. The Morgan fingerprint density at radius 3 is 1.26 bits per heavy atom. The molecule has 16 nitrogen and oxygen atoms in total. The molecular formula is C52H101NO15. The molecule has 2 saturated heterocycles. The molecule has 2 heterocycles. The molecule has 16 heteroatoms. The van der Waals surface area contributed by atoms with Crippen LogP contribution in [-0.4, -0.2) is 163 Å². The third kappa shape index (κ3) is 25.5. The molecule has 0 aromatic carbocycles. The average Bonchev–Trinajstić information content (AvgIpc) is 3.34. The zero-order valence-electron chi connectivity index (χ0n) is 42.3. The third-order valence-electron chi connectivity index (χ3n) is 14.0. The molecule has 68 heavy (non-hydrogen) atoms. The molecule has 2 aliphatic rings. The maximum atomic E-state index is 13.4. The number of ether oxygens (including phenoxy) is 4. The van der Waals surface area contributed by atoms with Crippen LogP contribution in [0.1, 0.15) is 219 Å². The number of carbonyl (C=O) groups is 1. The predicted molar refractivity (Wildman–Crippen MR) is 261 cm³/mol. The normalized spacial score (nSPS) is 27.2. The molecule has 1 amide bonds. The number of nitrogens with one attached hydrogen (secondary N) is 1. The summed E-state index contributed by atoms with van der Waals surface area (Å²) in [5.74, 6) is -0.774. The van der Waals surface area contributed by atoms with Crippen LogP contribution in [-0.2, 0) is 23.7 Å². The molecule has 14 atom stereocenters. The van der Waals surface area contributed by atoms with Crippen LogP contribution in [0, 0.1) is 0 Å². The smallest absolute Gasteiger partial charge is 0.249 e. The van der Waals surface area contributed by atoms with Crippen LogP contribution in [0.2, 0.25) is 0 Å². The van der Waals surface area contributed by atoms with Crippen molar-refractivity contribution in [3.8, 4) is 0 Å². The first-order valence-corrected chi connectivity index (χ1v) is 27.5. The van der Waals surface area contributed by atoms with E-state index >= 15 is 0 Å². The molecule has 0 unspecified atom stereocenters. The van der Waals surface area contributed by atoms with E-state index in [0.717, 1.165) is 51.4 Å². The molecule has 0 aromatic heterocycles. The Morgan fingerprint density at radius 1 is 0.485 bits per heavy atom. The van der Waals surface area contributed by atoms with Crippen molar-refractivity contribution in [1.82, 2.24) is 5.32 Å². The maximum Gasteiger partial charge on any atom is 0.249 e. The topological polar surface area (TPSA) is 268 Å². The van der Waals surface area contributed by atoms with Crippen molar-refractivity contribution < 1.29 is 74.8 Å². The van der Waals surface area contributed by atoms with Gasteiger partial charge in [-0.1, -0.05) is 206 Å². The van der Waals surface area contributed by atoms with E-state index in [2.05, 4.69) is 19.2 Å². The van der Waals surface area contributed by atoms with Crippen LogP contribution in [0.4, 0.5) is 0 Å². The Balaban J connectivity index is 1.91. The summed E-state index contributed by atoms with van der Waals surface area (Å²) in [6.07, 6.45) is 15.0. The number of carbonyl (C=O) groups excluding carboxylic acids is 1. The van der Waals surface area contributed by atoms with Gasteiger partial charge in [-0.15, -0.1) is 0 Å². The van der Waals surface area contributed by atoms with Gasteiger partial charge in [-0.2, -0.15) is 0 Å². The first kappa shape index (κ1) is 63.0. The summed E-state index contributed by atoms with van der Waals surface area (Å²) in [6.45, 7) is 2.40. The number of unbranched alkanes of at least 4 members (excludes halogenated alkanes) is 28. The van der Waals surface area contributed by atoms with E-state index in [1.165, 1.54) is 128 Å². The minimum absolute atomic E-state index is 0.193. The molecule has 0 saturated carbocycles. The number of hydrogen-bond donors (Lipinski definition) is 11. The second-order valence-corrected chi connectivity index (χ2v) is 20.0.